The van der Waals surface area contributed by atoms with Gasteiger partial charge in [0.25, 0.3) is 0 Å². The molecular weight excluding hydrogens is 341 g/mol. The smallest absolute Gasteiger partial charge is 0.137 e. The molecule has 1 aromatic heterocycles. The summed E-state index contributed by atoms with van der Waals surface area (Å²) in [6.07, 6.45) is 2.63. The van der Waals surface area contributed by atoms with Gasteiger partial charge in [-0.3, -0.25) is 4.98 Å². The molecule has 1 heterocycles. The summed E-state index contributed by atoms with van der Waals surface area (Å²) in [5.41, 5.74) is 1.60. The maximum absolute atomic E-state index is 10.3. The van der Waals surface area contributed by atoms with Crippen molar-refractivity contribution < 1.29 is 9.84 Å². The molecule has 0 aliphatic carbocycles. The van der Waals surface area contributed by atoms with Gasteiger partial charge in [-0.1, -0.05) is 12.1 Å². The Morgan fingerprint density at radius 2 is 2.11 bits per heavy atom. The van der Waals surface area contributed by atoms with Crippen molar-refractivity contribution in [2.24, 2.45) is 0 Å². The molecule has 0 radical (unpaired) electrons. The number of hydrogen-bond donors (Lipinski definition) is 1. The lowest BCUT2D eigenvalue weighted by molar-refractivity contribution is 0.219. The van der Waals surface area contributed by atoms with Crippen LogP contribution in [0.25, 0.3) is 0 Å². The van der Waals surface area contributed by atoms with Crippen LogP contribution in [-0.4, -0.2) is 16.7 Å². The van der Waals surface area contributed by atoms with Crippen LogP contribution in [0.15, 0.2) is 42.7 Å². The predicted molar refractivity (Wildman–Crippen MR) is 78.6 cm³/mol. The van der Waals surface area contributed by atoms with Crippen molar-refractivity contribution in [2.75, 3.05) is 6.61 Å². The van der Waals surface area contributed by atoms with Crippen LogP contribution in [0.3, 0.4) is 0 Å². The van der Waals surface area contributed by atoms with Gasteiger partial charge in [0.05, 0.1) is 12.8 Å². The van der Waals surface area contributed by atoms with Crippen LogP contribution in [0.1, 0.15) is 24.2 Å². The summed E-state index contributed by atoms with van der Waals surface area (Å²) in [5, 5.41) is 10.3. The Morgan fingerprint density at radius 1 is 1.28 bits per heavy atom. The molecule has 3 nitrogen and oxygen atoms in total. The number of pyridine rings is 1. The lowest BCUT2D eigenvalue weighted by atomic mass is 10.0. The van der Waals surface area contributed by atoms with Gasteiger partial charge in [0.1, 0.15) is 11.9 Å². The van der Waals surface area contributed by atoms with Gasteiger partial charge in [-0.05, 0) is 53.3 Å². The van der Waals surface area contributed by atoms with Gasteiger partial charge >= 0.3 is 0 Å². The zero-order chi connectivity index (χ0) is 13.0. The van der Waals surface area contributed by atoms with Crippen LogP contribution in [0, 0.1) is 3.57 Å². The molecule has 1 N–H and O–H groups in total. The average molecular weight is 355 g/mol. The van der Waals surface area contributed by atoms with Gasteiger partial charge in [0.2, 0.25) is 0 Å². The molecule has 0 spiro atoms. The standard InChI is InChI=1S/C14H14INO2/c1-2-18-13-7-11(8-16-9-13)14(17)10-4-3-5-12(15)6-10/h3-9,14,17H,2H2,1H3. The molecule has 0 aliphatic rings. The van der Waals surface area contributed by atoms with Gasteiger partial charge in [0, 0.05) is 15.3 Å². The number of ether oxygens (including phenoxy) is 1. The van der Waals surface area contributed by atoms with E-state index in [1.807, 2.05) is 37.3 Å². The van der Waals surface area contributed by atoms with Crippen molar-refractivity contribution in [3.63, 3.8) is 0 Å². The van der Waals surface area contributed by atoms with Gasteiger partial charge in [-0.25, -0.2) is 0 Å². The van der Waals surface area contributed by atoms with E-state index in [0.717, 1.165) is 14.7 Å². The molecule has 1 atom stereocenters. The van der Waals surface area contributed by atoms with Crippen LogP contribution in [0.4, 0.5) is 0 Å². The third-order valence-corrected chi connectivity index (χ3v) is 3.20. The second kappa shape index (κ2) is 6.15. The number of aliphatic hydroxyl groups is 1. The van der Waals surface area contributed by atoms with Gasteiger partial charge < -0.3 is 9.84 Å². The number of rotatable bonds is 4. The second-order valence-corrected chi connectivity index (χ2v) is 5.09. The van der Waals surface area contributed by atoms with E-state index in [1.54, 1.807) is 12.4 Å². The van der Waals surface area contributed by atoms with Crippen LogP contribution < -0.4 is 4.74 Å². The zero-order valence-corrected chi connectivity index (χ0v) is 12.2. The summed E-state index contributed by atoms with van der Waals surface area (Å²) in [4.78, 5) is 4.09. The largest absolute Gasteiger partial charge is 0.492 e. The maximum Gasteiger partial charge on any atom is 0.137 e. The Bertz CT molecular complexity index is 531. The molecule has 0 amide bonds. The van der Waals surface area contributed by atoms with E-state index >= 15 is 0 Å². The second-order valence-electron chi connectivity index (χ2n) is 3.84. The molecule has 18 heavy (non-hydrogen) atoms. The molecular formula is C14H14INO2. The van der Waals surface area contributed by atoms with E-state index in [4.69, 9.17) is 4.74 Å². The first-order chi connectivity index (χ1) is 8.70. The number of halogens is 1. The predicted octanol–water partition coefficient (Wildman–Crippen LogP) is 3.17. The fourth-order valence-corrected chi connectivity index (χ4v) is 2.27. The first-order valence-electron chi connectivity index (χ1n) is 5.72. The highest BCUT2D eigenvalue weighted by atomic mass is 127. The Labute approximate surface area is 120 Å². The first-order valence-corrected chi connectivity index (χ1v) is 6.80. The Balaban J connectivity index is 2.27. The average Bonchev–Trinajstić information content (AvgIpc) is 2.39. The van der Waals surface area contributed by atoms with Crippen molar-refractivity contribution in [1.29, 1.82) is 0 Å². The van der Waals surface area contributed by atoms with Crippen molar-refractivity contribution in [2.45, 2.75) is 13.0 Å². The molecule has 0 saturated heterocycles. The van der Waals surface area contributed by atoms with Crippen molar-refractivity contribution in [3.05, 3.63) is 57.4 Å². The molecule has 1 aromatic carbocycles. The number of nitrogens with zero attached hydrogens (tertiary/aromatic N) is 1. The quantitative estimate of drug-likeness (QED) is 0.857. The third kappa shape index (κ3) is 3.20. The summed E-state index contributed by atoms with van der Waals surface area (Å²) in [6.45, 7) is 2.51. The Morgan fingerprint density at radius 3 is 2.83 bits per heavy atom. The minimum Gasteiger partial charge on any atom is -0.492 e. The van der Waals surface area contributed by atoms with E-state index < -0.39 is 6.10 Å². The fourth-order valence-electron chi connectivity index (χ4n) is 1.70. The summed E-state index contributed by atoms with van der Waals surface area (Å²) in [6, 6.07) is 9.60. The molecule has 0 bridgehead atoms. The van der Waals surface area contributed by atoms with E-state index in [-0.39, 0.29) is 0 Å². The molecule has 2 aromatic rings. The molecule has 0 aliphatic heterocycles. The highest BCUT2D eigenvalue weighted by molar-refractivity contribution is 14.1. The number of aromatic nitrogens is 1. The van der Waals surface area contributed by atoms with Crippen molar-refractivity contribution in [3.8, 4) is 5.75 Å². The maximum atomic E-state index is 10.3. The van der Waals surface area contributed by atoms with Gasteiger partial charge in [-0.2, -0.15) is 0 Å². The topological polar surface area (TPSA) is 42.4 Å². The number of aliphatic hydroxyl groups excluding tert-OH is 1. The summed E-state index contributed by atoms with van der Waals surface area (Å²) >= 11 is 2.23. The molecule has 2 rings (SSSR count). The molecule has 0 saturated carbocycles. The highest BCUT2D eigenvalue weighted by Gasteiger charge is 2.11. The Hall–Kier alpha value is -1.14. The van der Waals surface area contributed by atoms with E-state index in [9.17, 15) is 5.11 Å². The van der Waals surface area contributed by atoms with E-state index in [2.05, 4.69) is 27.6 Å². The summed E-state index contributed by atoms with van der Waals surface area (Å²) in [5.74, 6) is 0.680. The highest BCUT2D eigenvalue weighted by Crippen LogP contribution is 2.25. The van der Waals surface area contributed by atoms with Crippen LogP contribution in [-0.2, 0) is 0 Å². The molecule has 4 heteroatoms. The van der Waals surface area contributed by atoms with E-state index in [0.29, 0.717) is 12.4 Å². The SMILES string of the molecule is CCOc1cncc(C(O)c2cccc(I)c2)c1. The fraction of sp³-hybridized carbons (Fsp3) is 0.214. The summed E-state index contributed by atoms with van der Waals surface area (Å²) < 4.78 is 6.48. The van der Waals surface area contributed by atoms with Crippen LogP contribution >= 0.6 is 22.6 Å². The van der Waals surface area contributed by atoms with Crippen LogP contribution in [0.5, 0.6) is 5.75 Å². The molecule has 94 valence electrons. The number of hydrogen-bond acceptors (Lipinski definition) is 3. The van der Waals surface area contributed by atoms with E-state index in [1.165, 1.54) is 0 Å². The third-order valence-electron chi connectivity index (χ3n) is 2.53. The zero-order valence-electron chi connectivity index (χ0n) is 10.0. The summed E-state index contributed by atoms with van der Waals surface area (Å²) in [7, 11) is 0. The minimum atomic E-state index is -0.673. The lowest BCUT2D eigenvalue weighted by Gasteiger charge is -2.12. The van der Waals surface area contributed by atoms with Crippen LogP contribution in [0.2, 0.25) is 0 Å². The lowest BCUT2D eigenvalue weighted by Crippen LogP contribution is -2.02. The normalized spacial score (nSPS) is 12.2. The van der Waals surface area contributed by atoms with Gasteiger partial charge in [0.15, 0.2) is 0 Å². The Kier molecular flexibility index (Phi) is 4.54. The molecule has 0 fully saturated rings. The minimum absolute atomic E-state index is 0.588. The first kappa shape index (κ1) is 13.3. The van der Waals surface area contributed by atoms with Crippen molar-refractivity contribution >= 4 is 22.6 Å². The monoisotopic (exact) mass is 355 g/mol. The number of benzene rings is 1. The van der Waals surface area contributed by atoms with Crippen molar-refractivity contribution in [1.82, 2.24) is 4.98 Å². The van der Waals surface area contributed by atoms with Gasteiger partial charge in [-0.15, -0.1) is 0 Å². The molecule has 1 unspecified atom stereocenters.